The molecule has 2 aromatic carbocycles. The number of carbonyl (C=O) groups excluding carboxylic acids is 2. The first-order valence-electron chi connectivity index (χ1n) is 8.32. The van der Waals surface area contributed by atoms with Crippen LogP contribution in [0.5, 0.6) is 11.5 Å². The smallest absolute Gasteiger partial charge is 0.340 e. The summed E-state index contributed by atoms with van der Waals surface area (Å²) in [4.78, 5) is 29.2. The number of rotatable bonds is 6. The van der Waals surface area contributed by atoms with E-state index in [0.717, 1.165) is 5.39 Å². The van der Waals surface area contributed by atoms with Crippen molar-refractivity contribution in [1.82, 2.24) is 4.98 Å². The number of benzene rings is 2. The summed E-state index contributed by atoms with van der Waals surface area (Å²) in [5.74, 6) is 0.195. The van der Waals surface area contributed by atoms with Gasteiger partial charge >= 0.3 is 5.97 Å². The molecule has 0 aliphatic rings. The summed E-state index contributed by atoms with van der Waals surface area (Å²) in [7, 11) is 3.07. The Morgan fingerprint density at radius 2 is 1.74 bits per heavy atom. The highest BCUT2D eigenvalue weighted by molar-refractivity contribution is 6.02. The number of nitrogens with zero attached hydrogens (tertiary/aromatic N) is 1. The molecule has 6 heteroatoms. The molecule has 1 aromatic heterocycles. The summed E-state index contributed by atoms with van der Waals surface area (Å²) < 4.78 is 15.6. The van der Waals surface area contributed by atoms with E-state index < -0.39 is 5.97 Å². The van der Waals surface area contributed by atoms with E-state index in [-0.39, 0.29) is 12.4 Å². The van der Waals surface area contributed by atoms with Gasteiger partial charge in [-0.2, -0.15) is 0 Å². The van der Waals surface area contributed by atoms with Crippen LogP contribution in [0.1, 0.15) is 26.4 Å². The van der Waals surface area contributed by atoms with Gasteiger partial charge in [-0.3, -0.25) is 9.78 Å². The summed E-state index contributed by atoms with van der Waals surface area (Å²) in [6.07, 6.45) is 0. The van der Waals surface area contributed by atoms with Crippen molar-refractivity contribution in [3.05, 3.63) is 65.4 Å². The number of pyridine rings is 1. The minimum Gasteiger partial charge on any atom is -0.497 e. The largest absolute Gasteiger partial charge is 0.497 e. The topological polar surface area (TPSA) is 74.7 Å². The Bertz CT molecular complexity index is 1010. The Labute approximate surface area is 156 Å². The van der Waals surface area contributed by atoms with E-state index in [4.69, 9.17) is 14.2 Å². The maximum Gasteiger partial charge on any atom is 0.340 e. The number of esters is 1. The molecule has 0 N–H and O–H groups in total. The standard InChI is InChI=1S/C21H19NO5/c1-13-17(10-14-8-9-15(25-2)11-18(14)22-13)21(24)27-12-19(23)16-6-4-5-7-20(16)26-3/h4-11H,12H2,1-3H3. The van der Waals surface area contributed by atoms with Gasteiger partial charge in [0.25, 0.3) is 0 Å². The second-order valence-electron chi connectivity index (χ2n) is 5.88. The maximum atomic E-state index is 12.5. The van der Waals surface area contributed by atoms with Gasteiger partial charge in [0.2, 0.25) is 5.78 Å². The van der Waals surface area contributed by atoms with Crippen molar-refractivity contribution >= 4 is 22.7 Å². The molecule has 27 heavy (non-hydrogen) atoms. The van der Waals surface area contributed by atoms with Crippen LogP contribution in [0.2, 0.25) is 0 Å². The molecule has 3 aromatic rings. The van der Waals surface area contributed by atoms with Gasteiger partial charge in [0, 0.05) is 11.5 Å². The predicted octanol–water partition coefficient (Wildman–Crippen LogP) is 3.60. The van der Waals surface area contributed by atoms with Crippen LogP contribution in [0.15, 0.2) is 48.5 Å². The zero-order valence-electron chi connectivity index (χ0n) is 15.3. The second-order valence-corrected chi connectivity index (χ2v) is 5.88. The molecule has 0 spiro atoms. The lowest BCUT2D eigenvalue weighted by Crippen LogP contribution is -2.16. The highest BCUT2D eigenvalue weighted by Gasteiger charge is 2.17. The van der Waals surface area contributed by atoms with E-state index in [1.54, 1.807) is 56.5 Å². The number of aryl methyl sites for hydroxylation is 1. The highest BCUT2D eigenvalue weighted by atomic mass is 16.5. The Kier molecular flexibility index (Phi) is 5.35. The monoisotopic (exact) mass is 365 g/mol. The number of para-hydroxylation sites is 1. The number of ketones is 1. The average molecular weight is 365 g/mol. The van der Waals surface area contributed by atoms with Crippen LogP contribution in [0.25, 0.3) is 10.9 Å². The number of Topliss-reactive ketones (excluding diaryl/α,β-unsaturated/α-hetero) is 1. The van der Waals surface area contributed by atoms with Gasteiger partial charge in [-0.15, -0.1) is 0 Å². The average Bonchev–Trinajstić information content (AvgIpc) is 2.70. The third kappa shape index (κ3) is 3.89. The second kappa shape index (κ2) is 7.86. The van der Waals surface area contributed by atoms with Gasteiger partial charge < -0.3 is 14.2 Å². The quantitative estimate of drug-likeness (QED) is 0.491. The fourth-order valence-corrected chi connectivity index (χ4v) is 2.74. The van der Waals surface area contributed by atoms with Crippen LogP contribution in [0, 0.1) is 6.92 Å². The van der Waals surface area contributed by atoms with Crippen molar-refractivity contribution < 1.29 is 23.8 Å². The van der Waals surface area contributed by atoms with Crippen LogP contribution in [-0.2, 0) is 4.74 Å². The van der Waals surface area contributed by atoms with Gasteiger partial charge in [0.05, 0.1) is 36.6 Å². The summed E-state index contributed by atoms with van der Waals surface area (Å²) in [5.41, 5.74) is 1.92. The summed E-state index contributed by atoms with van der Waals surface area (Å²) in [6, 6.07) is 13.9. The van der Waals surface area contributed by atoms with Crippen molar-refractivity contribution in [2.24, 2.45) is 0 Å². The Morgan fingerprint density at radius 3 is 2.48 bits per heavy atom. The van der Waals surface area contributed by atoms with E-state index in [1.807, 2.05) is 6.07 Å². The summed E-state index contributed by atoms with van der Waals surface area (Å²) in [5, 5.41) is 0.782. The van der Waals surface area contributed by atoms with Crippen LogP contribution in [-0.4, -0.2) is 37.6 Å². The van der Waals surface area contributed by atoms with Gasteiger partial charge in [-0.1, -0.05) is 12.1 Å². The Hall–Kier alpha value is -3.41. The fourth-order valence-electron chi connectivity index (χ4n) is 2.74. The SMILES string of the molecule is COc1ccc2cc(C(=O)OCC(=O)c3ccccc3OC)c(C)nc2c1. The molecule has 6 nitrogen and oxygen atoms in total. The molecule has 0 unspecified atom stereocenters. The molecule has 0 radical (unpaired) electrons. The third-order valence-electron chi connectivity index (χ3n) is 4.18. The van der Waals surface area contributed by atoms with E-state index in [9.17, 15) is 9.59 Å². The number of hydrogen-bond acceptors (Lipinski definition) is 6. The highest BCUT2D eigenvalue weighted by Crippen LogP contribution is 2.22. The molecule has 0 atom stereocenters. The van der Waals surface area contributed by atoms with E-state index in [0.29, 0.717) is 33.8 Å². The number of ether oxygens (including phenoxy) is 3. The molecular formula is C21H19NO5. The first-order chi connectivity index (χ1) is 13.0. The molecule has 138 valence electrons. The third-order valence-corrected chi connectivity index (χ3v) is 4.18. The number of hydrogen-bond donors (Lipinski definition) is 0. The molecule has 3 rings (SSSR count). The number of fused-ring (bicyclic) bond motifs is 1. The minimum absolute atomic E-state index is 0.320. The van der Waals surface area contributed by atoms with Crippen LogP contribution < -0.4 is 9.47 Å². The van der Waals surface area contributed by atoms with Crippen molar-refractivity contribution in [2.75, 3.05) is 20.8 Å². The van der Waals surface area contributed by atoms with E-state index in [1.165, 1.54) is 7.11 Å². The summed E-state index contributed by atoms with van der Waals surface area (Å²) in [6.45, 7) is 1.34. The molecule has 0 aliphatic heterocycles. The molecule has 0 fully saturated rings. The normalized spacial score (nSPS) is 10.5. The molecule has 1 heterocycles. The van der Waals surface area contributed by atoms with Crippen molar-refractivity contribution in [1.29, 1.82) is 0 Å². The fraction of sp³-hybridized carbons (Fsp3) is 0.190. The van der Waals surface area contributed by atoms with Crippen LogP contribution in [0.4, 0.5) is 0 Å². The van der Waals surface area contributed by atoms with E-state index in [2.05, 4.69) is 4.98 Å². The van der Waals surface area contributed by atoms with Gasteiger partial charge in [-0.25, -0.2) is 4.79 Å². The zero-order valence-corrected chi connectivity index (χ0v) is 15.3. The lowest BCUT2D eigenvalue weighted by molar-refractivity contribution is 0.0473. The van der Waals surface area contributed by atoms with Gasteiger partial charge in [-0.05, 0) is 37.3 Å². The van der Waals surface area contributed by atoms with E-state index >= 15 is 0 Å². The first kappa shape index (κ1) is 18.4. The molecule has 0 bridgehead atoms. The molecule has 0 amide bonds. The van der Waals surface area contributed by atoms with Crippen molar-refractivity contribution in [3.8, 4) is 11.5 Å². The number of carbonyl (C=O) groups is 2. The Balaban J connectivity index is 1.78. The minimum atomic E-state index is -0.596. The lowest BCUT2D eigenvalue weighted by Gasteiger charge is -2.10. The van der Waals surface area contributed by atoms with Crippen LogP contribution in [0.3, 0.4) is 0 Å². The van der Waals surface area contributed by atoms with Crippen molar-refractivity contribution in [3.63, 3.8) is 0 Å². The number of aromatic nitrogens is 1. The first-order valence-corrected chi connectivity index (χ1v) is 8.32. The van der Waals surface area contributed by atoms with Crippen LogP contribution >= 0.6 is 0 Å². The molecule has 0 saturated carbocycles. The molecule has 0 aliphatic carbocycles. The number of methoxy groups -OCH3 is 2. The Morgan fingerprint density at radius 1 is 0.963 bits per heavy atom. The molecule has 0 saturated heterocycles. The van der Waals surface area contributed by atoms with Crippen molar-refractivity contribution in [2.45, 2.75) is 6.92 Å². The summed E-state index contributed by atoms with van der Waals surface area (Å²) >= 11 is 0. The zero-order chi connectivity index (χ0) is 19.4. The molecular weight excluding hydrogens is 346 g/mol. The lowest BCUT2D eigenvalue weighted by atomic mass is 10.1. The van der Waals surface area contributed by atoms with Gasteiger partial charge in [0.1, 0.15) is 11.5 Å². The predicted molar refractivity (Wildman–Crippen MR) is 101 cm³/mol. The maximum absolute atomic E-state index is 12.5. The van der Waals surface area contributed by atoms with Gasteiger partial charge in [0.15, 0.2) is 6.61 Å².